The molecular formula is C15H18BrN3O2. The Hall–Kier alpha value is -1.24. The van der Waals surface area contributed by atoms with Crippen molar-refractivity contribution in [2.24, 2.45) is 5.73 Å². The van der Waals surface area contributed by atoms with E-state index in [0.29, 0.717) is 24.4 Å². The summed E-state index contributed by atoms with van der Waals surface area (Å²) >= 11 is 3.47. The first kappa shape index (κ1) is 14.7. The number of aryl methyl sites for hydroxylation is 1. The van der Waals surface area contributed by atoms with Crippen LogP contribution in [-0.2, 0) is 4.74 Å². The molecule has 0 saturated heterocycles. The Morgan fingerprint density at radius 2 is 2.29 bits per heavy atom. The molecule has 6 heteroatoms. The van der Waals surface area contributed by atoms with Gasteiger partial charge in [-0.05, 0) is 49.9 Å². The van der Waals surface area contributed by atoms with Gasteiger partial charge in [0, 0.05) is 10.0 Å². The van der Waals surface area contributed by atoms with Crippen LogP contribution < -0.4 is 5.73 Å². The maximum atomic E-state index is 6.05. The summed E-state index contributed by atoms with van der Waals surface area (Å²) in [6, 6.07) is 5.55. The topological polar surface area (TPSA) is 74.2 Å². The number of nitrogens with two attached hydrogens (primary N) is 1. The van der Waals surface area contributed by atoms with Crippen LogP contribution in [0.4, 0.5) is 0 Å². The average Bonchev–Trinajstić information content (AvgIpc) is 2.89. The molecule has 2 aromatic rings. The molecule has 0 radical (unpaired) electrons. The molecular weight excluding hydrogens is 334 g/mol. The minimum atomic E-state index is -0.348. The predicted octanol–water partition coefficient (Wildman–Crippen LogP) is 3.38. The molecule has 3 rings (SSSR count). The third kappa shape index (κ3) is 3.33. The van der Waals surface area contributed by atoms with Crippen molar-refractivity contribution >= 4 is 15.9 Å². The minimum Gasteiger partial charge on any atom is -0.376 e. The number of hydrogen-bond donors (Lipinski definition) is 1. The van der Waals surface area contributed by atoms with Gasteiger partial charge in [-0.1, -0.05) is 21.1 Å². The summed E-state index contributed by atoms with van der Waals surface area (Å²) in [6.07, 6.45) is 3.86. The first-order chi connectivity index (χ1) is 10.1. The second kappa shape index (κ2) is 6.25. The van der Waals surface area contributed by atoms with Crippen LogP contribution in [0.1, 0.15) is 36.7 Å². The second-order valence-corrected chi connectivity index (χ2v) is 6.27. The normalized spacial score (nSPS) is 16.7. The maximum absolute atomic E-state index is 6.05. The molecule has 1 aliphatic rings. The van der Waals surface area contributed by atoms with Crippen molar-refractivity contribution in [2.45, 2.75) is 38.3 Å². The standard InChI is InChI=1S/C15H18BrN3O2/c1-9-7-10(5-6-12(9)16)15-18-14(19-21-15)13(17)8-20-11-3-2-4-11/h5-7,11,13H,2-4,8,17H2,1H3. The van der Waals surface area contributed by atoms with Crippen LogP contribution in [0.3, 0.4) is 0 Å². The van der Waals surface area contributed by atoms with Crippen LogP contribution in [0.15, 0.2) is 27.2 Å². The summed E-state index contributed by atoms with van der Waals surface area (Å²) in [7, 11) is 0. The zero-order valence-corrected chi connectivity index (χ0v) is 13.5. The first-order valence-electron chi connectivity index (χ1n) is 7.11. The molecule has 2 N–H and O–H groups in total. The summed E-state index contributed by atoms with van der Waals surface area (Å²) in [5.74, 6) is 0.976. The molecule has 1 aromatic heterocycles. The Bertz CT molecular complexity index is 625. The number of rotatable bonds is 5. The molecule has 5 nitrogen and oxygen atoms in total. The number of benzene rings is 1. The van der Waals surface area contributed by atoms with Gasteiger partial charge in [0.1, 0.15) is 0 Å². The minimum absolute atomic E-state index is 0.348. The van der Waals surface area contributed by atoms with E-state index in [2.05, 4.69) is 26.1 Å². The molecule has 0 aliphatic heterocycles. The average molecular weight is 352 g/mol. The Balaban J connectivity index is 1.68. The van der Waals surface area contributed by atoms with Gasteiger partial charge in [0.15, 0.2) is 5.82 Å². The van der Waals surface area contributed by atoms with E-state index in [1.165, 1.54) is 6.42 Å². The van der Waals surface area contributed by atoms with Gasteiger partial charge in [0.25, 0.3) is 5.89 Å². The van der Waals surface area contributed by atoms with E-state index in [9.17, 15) is 0 Å². The molecule has 0 spiro atoms. The predicted molar refractivity (Wildman–Crippen MR) is 82.7 cm³/mol. The molecule has 1 aliphatic carbocycles. The van der Waals surface area contributed by atoms with Gasteiger partial charge in [0.2, 0.25) is 0 Å². The highest BCUT2D eigenvalue weighted by Crippen LogP contribution is 2.25. The lowest BCUT2D eigenvalue weighted by molar-refractivity contribution is -0.00549. The Labute approximate surface area is 132 Å². The highest BCUT2D eigenvalue weighted by Gasteiger charge is 2.21. The van der Waals surface area contributed by atoms with Gasteiger partial charge in [-0.2, -0.15) is 4.98 Å². The molecule has 1 unspecified atom stereocenters. The highest BCUT2D eigenvalue weighted by atomic mass is 79.9. The van der Waals surface area contributed by atoms with E-state index < -0.39 is 0 Å². The fraction of sp³-hybridized carbons (Fsp3) is 0.467. The van der Waals surface area contributed by atoms with E-state index in [0.717, 1.165) is 28.4 Å². The molecule has 0 amide bonds. The van der Waals surface area contributed by atoms with Gasteiger partial charge < -0.3 is 15.0 Å². The van der Waals surface area contributed by atoms with E-state index in [4.69, 9.17) is 15.0 Å². The number of hydrogen-bond acceptors (Lipinski definition) is 5. The third-order valence-corrected chi connectivity index (χ3v) is 4.63. The molecule has 21 heavy (non-hydrogen) atoms. The van der Waals surface area contributed by atoms with Crippen molar-refractivity contribution in [1.29, 1.82) is 0 Å². The van der Waals surface area contributed by atoms with E-state index in [-0.39, 0.29) is 6.04 Å². The molecule has 1 saturated carbocycles. The van der Waals surface area contributed by atoms with Crippen molar-refractivity contribution in [3.8, 4) is 11.5 Å². The van der Waals surface area contributed by atoms with Gasteiger partial charge >= 0.3 is 0 Å². The molecule has 112 valence electrons. The number of aromatic nitrogens is 2. The van der Waals surface area contributed by atoms with Crippen LogP contribution in [0.5, 0.6) is 0 Å². The Morgan fingerprint density at radius 1 is 1.48 bits per heavy atom. The lowest BCUT2D eigenvalue weighted by atomic mass is 9.96. The van der Waals surface area contributed by atoms with Crippen LogP contribution in [-0.4, -0.2) is 22.9 Å². The zero-order valence-electron chi connectivity index (χ0n) is 11.9. The van der Waals surface area contributed by atoms with Gasteiger partial charge in [-0.3, -0.25) is 0 Å². The van der Waals surface area contributed by atoms with Crippen molar-refractivity contribution in [3.63, 3.8) is 0 Å². The quantitative estimate of drug-likeness (QED) is 0.893. The SMILES string of the molecule is Cc1cc(-c2nc(C(N)COC3CCC3)no2)ccc1Br. The summed E-state index contributed by atoms with van der Waals surface area (Å²) in [6.45, 7) is 2.45. The number of nitrogens with zero attached hydrogens (tertiary/aromatic N) is 2. The molecule has 1 fully saturated rings. The van der Waals surface area contributed by atoms with Crippen molar-refractivity contribution < 1.29 is 9.26 Å². The lowest BCUT2D eigenvalue weighted by Crippen LogP contribution is -2.27. The summed E-state index contributed by atoms with van der Waals surface area (Å²) in [5, 5.41) is 3.96. The van der Waals surface area contributed by atoms with Crippen molar-refractivity contribution in [1.82, 2.24) is 10.1 Å². The largest absolute Gasteiger partial charge is 0.376 e. The fourth-order valence-corrected chi connectivity index (χ4v) is 2.38. The van der Waals surface area contributed by atoms with Crippen LogP contribution in [0.2, 0.25) is 0 Å². The Morgan fingerprint density at radius 3 is 2.95 bits per heavy atom. The molecule has 1 atom stereocenters. The molecule has 0 bridgehead atoms. The van der Waals surface area contributed by atoms with Crippen LogP contribution >= 0.6 is 15.9 Å². The summed E-state index contributed by atoms with van der Waals surface area (Å²) < 4.78 is 12.0. The molecule has 1 heterocycles. The molecule has 1 aromatic carbocycles. The van der Waals surface area contributed by atoms with Gasteiger partial charge in [-0.25, -0.2) is 0 Å². The summed E-state index contributed by atoms with van der Waals surface area (Å²) in [5.41, 5.74) is 8.06. The third-order valence-electron chi connectivity index (χ3n) is 3.74. The van der Waals surface area contributed by atoms with E-state index in [1.807, 2.05) is 25.1 Å². The zero-order chi connectivity index (χ0) is 14.8. The van der Waals surface area contributed by atoms with E-state index >= 15 is 0 Å². The highest BCUT2D eigenvalue weighted by molar-refractivity contribution is 9.10. The van der Waals surface area contributed by atoms with Crippen molar-refractivity contribution in [3.05, 3.63) is 34.1 Å². The fourth-order valence-electron chi connectivity index (χ4n) is 2.13. The van der Waals surface area contributed by atoms with Crippen LogP contribution in [0.25, 0.3) is 11.5 Å². The maximum Gasteiger partial charge on any atom is 0.257 e. The smallest absolute Gasteiger partial charge is 0.257 e. The van der Waals surface area contributed by atoms with Gasteiger partial charge in [-0.15, -0.1) is 0 Å². The van der Waals surface area contributed by atoms with E-state index in [1.54, 1.807) is 0 Å². The summed E-state index contributed by atoms with van der Waals surface area (Å²) in [4.78, 5) is 4.37. The lowest BCUT2D eigenvalue weighted by Gasteiger charge is -2.26. The van der Waals surface area contributed by atoms with Crippen molar-refractivity contribution in [2.75, 3.05) is 6.61 Å². The number of halogens is 1. The number of ether oxygens (including phenoxy) is 1. The first-order valence-corrected chi connectivity index (χ1v) is 7.90. The second-order valence-electron chi connectivity index (χ2n) is 5.41. The Kier molecular flexibility index (Phi) is 4.37. The monoisotopic (exact) mass is 351 g/mol. The van der Waals surface area contributed by atoms with Crippen LogP contribution in [0, 0.1) is 6.92 Å². The van der Waals surface area contributed by atoms with Gasteiger partial charge in [0.05, 0.1) is 18.8 Å².